The van der Waals surface area contributed by atoms with E-state index in [1.807, 2.05) is 31.2 Å². The van der Waals surface area contributed by atoms with Crippen molar-refractivity contribution in [3.63, 3.8) is 0 Å². The van der Waals surface area contributed by atoms with Gasteiger partial charge in [0.25, 0.3) is 5.91 Å². The fourth-order valence-corrected chi connectivity index (χ4v) is 5.72. The molecule has 0 atom stereocenters. The van der Waals surface area contributed by atoms with Crippen LogP contribution in [0, 0.1) is 13.8 Å². The molecule has 2 heterocycles. The van der Waals surface area contributed by atoms with Crippen molar-refractivity contribution in [2.24, 2.45) is 7.05 Å². The summed E-state index contributed by atoms with van der Waals surface area (Å²) in [6.45, 7) is 4.29. The van der Waals surface area contributed by atoms with Crippen LogP contribution in [0.3, 0.4) is 0 Å². The quantitative estimate of drug-likeness (QED) is 0.646. The summed E-state index contributed by atoms with van der Waals surface area (Å²) < 4.78 is 29.8. The van der Waals surface area contributed by atoms with Crippen LogP contribution in [0.25, 0.3) is 0 Å². The molecular weight excluding hydrogens is 436 g/mol. The molecule has 0 bridgehead atoms. The first-order chi connectivity index (χ1) is 14.7. The number of nitrogens with one attached hydrogen (secondary N) is 1. The number of carbonyl (C=O) groups excluding carboxylic acids is 1. The maximum absolute atomic E-state index is 13.4. The predicted molar refractivity (Wildman–Crippen MR) is 120 cm³/mol. The number of rotatable bonds is 4. The van der Waals surface area contributed by atoms with E-state index >= 15 is 0 Å². The lowest BCUT2D eigenvalue weighted by molar-refractivity contribution is 0.102. The molecule has 0 saturated carbocycles. The fraction of sp³-hybridized carbons (Fsp3) is 0.273. The summed E-state index contributed by atoms with van der Waals surface area (Å²) in [5, 5.41) is 7.21. The maximum Gasteiger partial charge on any atom is 0.255 e. The van der Waals surface area contributed by atoms with E-state index in [1.54, 1.807) is 18.7 Å². The van der Waals surface area contributed by atoms with E-state index in [1.165, 1.54) is 22.5 Å². The van der Waals surface area contributed by atoms with Crippen molar-refractivity contribution in [1.29, 1.82) is 0 Å². The van der Waals surface area contributed by atoms with Gasteiger partial charge in [-0.3, -0.25) is 9.48 Å². The van der Waals surface area contributed by atoms with E-state index in [-0.39, 0.29) is 22.0 Å². The van der Waals surface area contributed by atoms with Gasteiger partial charge in [-0.05, 0) is 49.6 Å². The van der Waals surface area contributed by atoms with E-state index in [0.29, 0.717) is 24.3 Å². The smallest absolute Gasteiger partial charge is 0.255 e. The Morgan fingerprint density at radius 2 is 1.84 bits per heavy atom. The van der Waals surface area contributed by atoms with Gasteiger partial charge in [0.15, 0.2) is 0 Å². The molecule has 31 heavy (non-hydrogen) atoms. The van der Waals surface area contributed by atoms with Gasteiger partial charge in [0.1, 0.15) is 4.90 Å². The fourth-order valence-electron chi connectivity index (χ4n) is 3.80. The normalized spacial score (nSPS) is 14.3. The zero-order chi connectivity index (χ0) is 22.3. The number of carbonyl (C=O) groups is 1. The summed E-state index contributed by atoms with van der Waals surface area (Å²) in [4.78, 5) is 12.8. The van der Waals surface area contributed by atoms with Crippen molar-refractivity contribution in [2.75, 3.05) is 11.9 Å². The number of amides is 1. The van der Waals surface area contributed by atoms with Crippen molar-refractivity contribution in [3.05, 3.63) is 75.6 Å². The first-order valence-electron chi connectivity index (χ1n) is 9.86. The third kappa shape index (κ3) is 3.98. The van der Waals surface area contributed by atoms with E-state index in [0.717, 1.165) is 16.8 Å². The van der Waals surface area contributed by atoms with Crippen molar-refractivity contribution in [2.45, 2.75) is 31.7 Å². The standard InChI is InChI=1S/C22H23ClN4O3S/c1-14-21(15(2)26(3)25-14)24-22(28)17-8-9-19(23)20(12-17)31(29,30)27-11-10-16-6-4-5-7-18(16)13-27/h4-9,12H,10-11,13H2,1-3H3,(H,24,28). The van der Waals surface area contributed by atoms with Gasteiger partial charge in [0, 0.05) is 25.7 Å². The molecule has 0 saturated heterocycles. The average molecular weight is 459 g/mol. The van der Waals surface area contributed by atoms with Gasteiger partial charge in [-0.15, -0.1) is 0 Å². The molecule has 1 aliphatic heterocycles. The topological polar surface area (TPSA) is 84.3 Å². The largest absolute Gasteiger partial charge is 0.319 e. The molecule has 9 heteroatoms. The van der Waals surface area contributed by atoms with Gasteiger partial charge < -0.3 is 5.32 Å². The Labute approximate surface area is 186 Å². The van der Waals surface area contributed by atoms with Crippen LogP contribution in [0.5, 0.6) is 0 Å². The van der Waals surface area contributed by atoms with Crippen molar-refractivity contribution < 1.29 is 13.2 Å². The van der Waals surface area contributed by atoms with Crippen LogP contribution < -0.4 is 5.32 Å². The number of halogens is 1. The Kier molecular flexibility index (Phi) is 5.63. The second-order valence-corrected chi connectivity index (χ2v) is 9.94. The Morgan fingerprint density at radius 1 is 1.13 bits per heavy atom. The summed E-state index contributed by atoms with van der Waals surface area (Å²) in [6.07, 6.45) is 0.632. The number of hydrogen-bond acceptors (Lipinski definition) is 4. The Bertz CT molecular complexity index is 1280. The number of fused-ring (bicyclic) bond motifs is 1. The van der Waals surface area contributed by atoms with Gasteiger partial charge in [-0.25, -0.2) is 8.42 Å². The third-order valence-corrected chi connectivity index (χ3v) is 7.98. The summed E-state index contributed by atoms with van der Waals surface area (Å²) in [5.41, 5.74) is 4.43. The monoisotopic (exact) mass is 458 g/mol. The van der Waals surface area contributed by atoms with Crippen molar-refractivity contribution in [3.8, 4) is 0 Å². The highest BCUT2D eigenvalue weighted by Crippen LogP contribution is 2.30. The summed E-state index contributed by atoms with van der Waals surface area (Å²) in [6, 6.07) is 12.1. The highest BCUT2D eigenvalue weighted by Gasteiger charge is 2.30. The molecule has 1 aliphatic rings. The van der Waals surface area contributed by atoms with Gasteiger partial charge >= 0.3 is 0 Å². The van der Waals surface area contributed by atoms with E-state index in [4.69, 9.17) is 11.6 Å². The molecule has 3 aromatic rings. The first-order valence-corrected chi connectivity index (χ1v) is 11.7. The second kappa shape index (κ2) is 8.11. The van der Waals surface area contributed by atoms with Crippen LogP contribution in [0.4, 0.5) is 5.69 Å². The SMILES string of the molecule is Cc1nn(C)c(C)c1NC(=O)c1ccc(Cl)c(S(=O)(=O)N2CCc3ccccc3C2)c1. The van der Waals surface area contributed by atoms with Gasteiger partial charge in [0.05, 0.1) is 22.1 Å². The Balaban J connectivity index is 1.64. The lowest BCUT2D eigenvalue weighted by Gasteiger charge is -2.28. The lowest BCUT2D eigenvalue weighted by Crippen LogP contribution is -2.36. The molecule has 0 unspecified atom stereocenters. The first kappa shape index (κ1) is 21.5. The number of aryl methyl sites for hydroxylation is 2. The molecule has 0 aliphatic carbocycles. The van der Waals surface area contributed by atoms with Crippen molar-refractivity contribution in [1.82, 2.24) is 14.1 Å². The summed E-state index contributed by atoms with van der Waals surface area (Å²) >= 11 is 6.27. The van der Waals surface area contributed by atoms with Crippen molar-refractivity contribution >= 4 is 33.2 Å². The van der Waals surface area contributed by atoms with Crippen LogP contribution >= 0.6 is 11.6 Å². The minimum absolute atomic E-state index is 0.0687. The molecule has 0 spiro atoms. The maximum atomic E-state index is 13.4. The molecule has 0 fully saturated rings. The summed E-state index contributed by atoms with van der Waals surface area (Å²) in [5.74, 6) is -0.420. The highest BCUT2D eigenvalue weighted by atomic mass is 35.5. The summed E-state index contributed by atoms with van der Waals surface area (Å²) in [7, 11) is -2.08. The zero-order valence-corrected chi connectivity index (χ0v) is 19.1. The van der Waals surface area contributed by atoms with Crippen LogP contribution in [-0.4, -0.2) is 35.0 Å². The third-order valence-electron chi connectivity index (χ3n) is 5.65. The van der Waals surface area contributed by atoms with E-state index in [2.05, 4.69) is 10.4 Å². The molecule has 2 aromatic carbocycles. The average Bonchev–Trinajstić information content (AvgIpc) is 2.99. The van der Waals surface area contributed by atoms with Crippen LogP contribution in [0.2, 0.25) is 5.02 Å². The highest BCUT2D eigenvalue weighted by molar-refractivity contribution is 7.89. The predicted octanol–water partition coefficient (Wildman–Crippen LogP) is 3.69. The molecule has 1 N–H and O–H groups in total. The number of aromatic nitrogens is 2. The molecule has 7 nitrogen and oxygen atoms in total. The second-order valence-electron chi connectivity index (χ2n) is 7.63. The number of sulfonamides is 1. The lowest BCUT2D eigenvalue weighted by atomic mass is 10.0. The Morgan fingerprint density at radius 3 is 2.52 bits per heavy atom. The van der Waals surface area contributed by atoms with Gasteiger partial charge in [-0.1, -0.05) is 35.9 Å². The Hall–Kier alpha value is -2.68. The minimum Gasteiger partial charge on any atom is -0.319 e. The molecule has 162 valence electrons. The minimum atomic E-state index is -3.87. The molecule has 1 aromatic heterocycles. The van der Waals surface area contributed by atoms with E-state index < -0.39 is 15.9 Å². The molecule has 0 radical (unpaired) electrons. The number of hydrogen-bond donors (Lipinski definition) is 1. The molecule has 4 rings (SSSR count). The zero-order valence-electron chi connectivity index (χ0n) is 17.5. The van der Waals surface area contributed by atoms with Gasteiger partial charge in [0.2, 0.25) is 10.0 Å². The number of nitrogens with zero attached hydrogens (tertiary/aromatic N) is 3. The van der Waals surface area contributed by atoms with Crippen LogP contribution in [-0.2, 0) is 30.0 Å². The van der Waals surface area contributed by atoms with E-state index in [9.17, 15) is 13.2 Å². The number of anilines is 1. The molecular formula is C22H23ClN4O3S. The van der Waals surface area contributed by atoms with Crippen LogP contribution in [0.15, 0.2) is 47.4 Å². The van der Waals surface area contributed by atoms with Crippen LogP contribution in [0.1, 0.15) is 32.9 Å². The molecule has 1 amide bonds. The van der Waals surface area contributed by atoms with Gasteiger partial charge in [-0.2, -0.15) is 9.40 Å². The number of benzene rings is 2.